The Labute approximate surface area is 55.4 Å². The van der Waals surface area contributed by atoms with E-state index < -0.39 is 0 Å². The van der Waals surface area contributed by atoms with Gasteiger partial charge in [0, 0.05) is 19.8 Å². The summed E-state index contributed by atoms with van der Waals surface area (Å²) < 4.78 is 5.00. The first kappa shape index (κ1) is 8.43. The Hall–Kier alpha value is -0.570. The second-order valence-electron chi connectivity index (χ2n) is 1.56. The normalized spacial score (nSPS) is 9.00. The van der Waals surface area contributed by atoms with Gasteiger partial charge in [0.2, 0.25) is 6.41 Å². The van der Waals surface area contributed by atoms with Crippen molar-refractivity contribution in [1.82, 2.24) is 5.32 Å². The van der Waals surface area contributed by atoms with Gasteiger partial charge in [-0.2, -0.15) is 0 Å². The third kappa shape index (κ3) is 7.43. The maximum absolute atomic E-state index is 9.63. The number of carbonyl (C=O) groups is 1. The molecule has 0 aromatic carbocycles. The molecule has 0 unspecified atom stereocenters. The van der Waals surface area contributed by atoms with Gasteiger partial charge in [0.15, 0.2) is 0 Å². The van der Waals surface area contributed by atoms with E-state index in [1.165, 1.54) is 0 Å². The van der Waals surface area contributed by atoms with Gasteiger partial charge in [-0.1, -0.05) is 0 Å². The van der Waals surface area contributed by atoms with Crippen molar-refractivity contribution in [2.75, 3.05) is 19.8 Å². The summed E-state index contributed by atoms with van der Waals surface area (Å²) in [5.74, 6) is 0. The molecule has 1 radical (unpaired) electrons. The van der Waals surface area contributed by atoms with Crippen molar-refractivity contribution in [3.63, 3.8) is 0 Å². The third-order valence-electron chi connectivity index (χ3n) is 0.855. The highest BCUT2D eigenvalue weighted by Gasteiger charge is 1.85. The molecule has 0 aliphatic carbocycles. The molecule has 0 saturated heterocycles. The van der Waals surface area contributed by atoms with Crippen LogP contribution in [-0.4, -0.2) is 26.2 Å². The summed E-state index contributed by atoms with van der Waals surface area (Å²) in [5, 5.41) is 3.48. The van der Waals surface area contributed by atoms with Crippen molar-refractivity contribution in [2.24, 2.45) is 0 Å². The van der Waals surface area contributed by atoms with Gasteiger partial charge in [-0.25, -0.2) is 0 Å². The predicted molar refractivity (Wildman–Crippen MR) is 34.2 cm³/mol. The number of nitrogens with zero attached hydrogens (tertiary/aromatic N) is 1. The lowest BCUT2D eigenvalue weighted by molar-refractivity contribution is -0.109. The number of amides is 1. The van der Waals surface area contributed by atoms with Gasteiger partial charge < -0.3 is 4.74 Å². The second-order valence-corrected chi connectivity index (χ2v) is 1.56. The van der Waals surface area contributed by atoms with Crippen LogP contribution in [0.5, 0.6) is 0 Å². The number of hydrogen-bond donors (Lipinski definition) is 0. The summed E-state index contributed by atoms with van der Waals surface area (Å²) in [4.78, 5) is 9.63. The van der Waals surface area contributed by atoms with E-state index in [1.54, 1.807) is 0 Å². The molecule has 0 atom stereocenters. The van der Waals surface area contributed by atoms with Crippen LogP contribution in [0.15, 0.2) is 0 Å². The first-order chi connectivity index (χ1) is 4.41. The average molecular weight is 130 g/mol. The number of rotatable bonds is 6. The van der Waals surface area contributed by atoms with Crippen molar-refractivity contribution in [2.45, 2.75) is 13.3 Å². The van der Waals surface area contributed by atoms with Gasteiger partial charge in [0.25, 0.3) is 0 Å². The van der Waals surface area contributed by atoms with E-state index in [2.05, 4.69) is 5.32 Å². The molecule has 0 bridgehead atoms. The van der Waals surface area contributed by atoms with Crippen LogP contribution in [0.4, 0.5) is 0 Å². The summed E-state index contributed by atoms with van der Waals surface area (Å²) in [5.41, 5.74) is 0. The molecule has 0 heterocycles. The van der Waals surface area contributed by atoms with E-state index in [0.29, 0.717) is 19.6 Å². The lowest BCUT2D eigenvalue weighted by atomic mass is 10.4. The molecule has 9 heavy (non-hydrogen) atoms. The van der Waals surface area contributed by atoms with Crippen LogP contribution in [0.25, 0.3) is 0 Å². The molecule has 0 aliphatic heterocycles. The highest BCUT2D eigenvalue weighted by Crippen LogP contribution is 1.78. The third-order valence-corrected chi connectivity index (χ3v) is 0.855. The van der Waals surface area contributed by atoms with Gasteiger partial charge in [-0.3, -0.25) is 10.1 Å². The van der Waals surface area contributed by atoms with Gasteiger partial charge in [0.1, 0.15) is 0 Å². The van der Waals surface area contributed by atoms with Crippen molar-refractivity contribution in [1.29, 1.82) is 0 Å². The topological polar surface area (TPSA) is 40.4 Å². The molecule has 0 rings (SSSR count). The summed E-state index contributed by atoms with van der Waals surface area (Å²) in [6.07, 6.45) is 1.42. The molecule has 3 heteroatoms. The van der Waals surface area contributed by atoms with E-state index in [4.69, 9.17) is 4.74 Å². The van der Waals surface area contributed by atoms with Crippen molar-refractivity contribution in [3.8, 4) is 0 Å². The molecular weight excluding hydrogens is 118 g/mol. The first-order valence-corrected chi connectivity index (χ1v) is 3.09. The Morgan fingerprint density at radius 2 is 2.44 bits per heavy atom. The SMILES string of the molecule is CCOCCC[N]C=O. The Balaban J connectivity index is 2.66. The number of hydrogen-bond acceptors (Lipinski definition) is 2. The Morgan fingerprint density at radius 1 is 1.67 bits per heavy atom. The molecule has 0 aliphatic rings. The summed E-state index contributed by atoms with van der Waals surface area (Å²) >= 11 is 0. The zero-order chi connectivity index (χ0) is 6.95. The predicted octanol–water partition coefficient (Wildman–Crippen LogP) is 0.174. The minimum Gasteiger partial charge on any atom is -0.382 e. The fourth-order valence-electron chi connectivity index (χ4n) is 0.455. The molecule has 0 spiro atoms. The van der Waals surface area contributed by atoms with Crippen LogP contribution in [-0.2, 0) is 9.53 Å². The van der Waals surface area contributed by atoms with E-state index in [-0.39, 0.29) is 0 Å². The van der Waals surface area contributed by atoms with E-state index in [0.717, 1.165) is 13.0 Å². The fourth-order valence-corrected chi connectivity index (χ4v) is 0.455. The Kier molecular flexibility index (Phi) is 6.96. The number of ether oxygens (including phenoxy) is 1. The summed E-state index contributed by atoms with van der Waals surface area (Å²) in [7, 11) is 0. The highest BCUT2D eigenvalue weighted by atomic mass is 16.5. The van der Waals surface area contributed by atoms with Crippen molar-refractivity contribution in [3.05, 3.63) is 0 Å². The van der Waals surface area contributed by atoms with Crippen LogP contribution < -0.4 is 5.32 Å². The van der Waals surface area contributed by atoms with E-state index in [9.17, 15) is 4.79 Å². The highest BCUT2D eigenvalue weighted by molar-refractivity contribution is 5.45. The largest absolute Gasteiger partial charge is 0.382 e. The van der Waals surface area contributed by atoms with Crippen LogP contribution in [0, 0.1) is 0 Å². The molecule has 3 nitrogen and oxygen atoms in total. The molecule has 0 aromatic heterocycles. The van der Waals surface area contributed by atoms with Crippen molar-refractivity contribution >= 4 is 6.41 Å². The van der Waals surface area contributed by atoms with Crippen LogP contribution in [0.1, 0.15) is 13.3 Å². The molecule has 1 amide bonds. The number of carbonyl (C=O) groups excluding carboxylic acids is 1. The standard InChI is InChI=1S/C6H12NO2/c1-2-9-5-3-4-7-6-8/h6H,2-5H2,1H3. The van der Waals surface area contributed by atoms with Gasteiger partial charge in [-0.05, 0) is 13.3 Å². The van der Waals surface area contributed by atoms with Crippen LogP contribution in [0.3, 0.4) is 0 Å². The van der Waals surface area contributed by atoms with E-state index in [1.807, 2.05) is 6.92 Å². The Morgan fingerprint density at radius 3 is 3.00 bits per heavy atom. The lowest BCUT2D eigenvalue weighted by Gasteiger charge is -1.96. The molecular formula is C6H12NO2. The zero-order valence-electron chi connectivity index (χ0n) is 5.67. The van der Waals surface area contributed by atoms with Gasteiger partial charge >= 0.3 is 0 Å². The first-order valence-electron chi connectivity index (χ1n) is 3.09. The maximum atomic E-state index is 9.63. The summed E-state index contributed by atoms with van der Waals surface area (Å²) in [6, 6.07) is 0. The molecule has 0 N–H and O–H groups in total. The monoisotopic (exact) mass is 130 g/mol. The smallest absolute Gasteiger partial charge is 0.228 e. The molecule has 0 aromatic rings. The average Bonchev–Trinajstić information content (AvgIpc) is 1.89. The Bertz CT molecular complexity index is 66.1. The summed E-state index contributed by atoms with van der Waals surface area (Å²) in [6.45, 7) is 3.97. The van der Waals surface area contributed by atoms with E-state index >= 15 is 0 Å². The maximum Gasteiger partial charge on any atom is 0.228 e. The molecule has 0 saturated carbocycles. The quantitative estimate of drug-likeness (QED) is 0.380. The fraction of sp³-hybridized carbons (Fsp3) is 0.833. The molecule has 0 fully saturated rings. The van der Waals surface area contributed by atoms with Crippen LogP contribution >= 0.6 is 0 Å². The lowest BCUT2D eigenvalue weighted by Crippen LogP contribution is -2.06. The second kappa shape index (κ2) is 7.43. The van der Waals surface area contributed by atoms with Crippen LogP contribution in [0.2, 0.25) is 0 Å². The van der Waals surface area contributed by atoms with Gasteiger partial charge in [-0.15, -0.1) is 0 Å². The zero-order valence-corrected chi connectivity index (χ0v) is 5.67. The van der Waals surface area contributed by atoms with Crippen molar-refractivity contribution < 1.29 is 9.53 Å². The van der Waals surface area contributed by atoms with Gasteiger partial charge in [0.05, 0.1) is 0 Å². The minimum atomic E-state index is 0.575. The molecule has 53 valence electrons. The minimum absolute atomic E-state index is 0.575.